The average Bonchev–Trinajstić information content (AvgIpc) is 3.45. The normalized spacial score (nSPS) is 12.5. The van der Waals surface area contributed by atoms with Crippen LogP contribution in [-0.4, -0.2) is 36.4 Å². The predicted octanol–water partition coefficient (Wildman–Crippen LogP) is 24.5. The molecule has 0 aliphatic carbocycles. The van der Waals surface area contributed by atoms with E-state index in [0.717, 1.165) is 64.2 Å². The highest BCUT2D eigenvalue weighted by Gasteiger charge is 2.16. The first-order valence-corrected chi connectivity index (χ1v) is 35.3. The van der Waals surface area contributed by atoms with Crippen LogP contribution in [0.1, 0.15) is 380 Å². The number of rotatable bonds is 66. The van der Waals surface area contributed by atoms with Crippen LogP contribution < -0.4 is 0 Å². The van der Waals surface area contributed by atoms with Gasteiger partial charge in [0.05, 0.1) is 6.61 Å². The number of hydrogen-bond acceptors (Lipinski definition) is 5. The molecule has 0 aromatic heterocycles. The van der Waals surface area contributed by atoms with Crippen LogP contribution in [0, 0.1) is 0 Å². The Kier molecular flexibility index (Phi) is 67.7. The first kappa shape index (κ1) is 76.6. The van der Waals surface area contributed by atoms with Crippen molar-refractivity contribution in [3.8, 4) is 0 Å². The molecule has 0 radical (unpaired) electrons. The molecule has 5 heteroatoms. The summed E-state index contributed by atoms with van der Waals surface area (Å²) in [6.45, 7) is 4.08. The highest BCUT2D eigenvalue weighted by atomic mass is 16.6. The first-order chi connectivity index (χ1) is 39.1. The van der Waals surface area contributed by atoms with E-state index >= 15 is 0 Å². The Hall–Kier alpha value is -2.40. The maximum atomic E-state index is 12.4. The predicted molar refractivity (Wildman–Crippen MR) is 348 cm³/mol. The van der Waals surface area contributed by atoms with Crippen molar-refractivity contribution >= 4 is 11.9 Å². The van der Waals surface area contributed by atoms with Crippen LogP contribution in [0.15, 0.2) is 60.8 Å². The molecule has 0 aromatic carbocycles. The largest absolute Gasteiger partial charge is 0.462 e. The molecule has 0 spiro atoms. The first-order valence-electron chi connectivity index (χ1n) is 35.3. The van der Waals surface area contributed by atoms with Gasteiger partial charge < -0.3 is 14.6 Å². The van der Waals surface area contributed by atoms with E-state index in [0.29, 0.717) is 12.8 Å². The zero-order chi connectivity index (χ0) is 56.9. The molecule has 0 aromatic rings. The second kappa shape index (κ2) is 69.9. The molecule has 1 N–H and O–H groups in total. The number of unbranched alkanes of at least 4 members (excludes halogenated alkanes) is 48. The topological polar surface area (TPSA) is 72.8 Å². The van der Waals surface area contributed by atoms with Crippen LogP contribution in [0.3, 0.4) is 0 Å². The third kappa shape index (κ3) is 68.0. The minimum Gasteiger partial charge on any atom is -0.462 e. The third-order valence-electron chi connectivity index (χ3n) is 16.1. The van der Waals surface area contributed by atoms with E-state index in [9.17, 15) is 14.7 Å². The van der Waals surface area contributed by atoms with Crippen LogP contribution in [0.4, 0.5) is 0 Å². The number of hydrogen-bond donors (Lipinski definition) is 1. The van der Waals surface area contributed by atoms with Crippen LogP contribution >= 0.6 is 0 Å². The van der Waals surface area contributed by atoms with E-state index in [-0.39, 0.29) is 25.2 Å². The lowest BCUT2D eigenvalue weighted by Crippen LogP contribution is -2.28. The van der Waals surface area contributed by atoms with Crippen molar-refractivity contribution in [1.29, 1.82) is 0 Å². The summed E-state index contributed by atoms with van der Waals surface area (Å²) in [6.07, 6.45) is 95.5. The minimum absolute atomic E-state index is 0.0618. The van der Waals surface area contributed by atoms with Crippen molar-refractivity contribution < 1.29 is 24.2 Å². The third-order valence-corrected chi connectivity index (χ3v) is 16.1. The molecule has 5 nitrogen and oxygen atoms in total. The monoisotopic (exact) mass is 1110 g/mol. The van der Waals surface area contributed by atoms with E-state index in [1.54, 1.807) is 0 Å². The van der Waals surface area contributed by atoms with Crippen molar-refractivity contribution in [2.24, 2.45) is 0 Å². The fourth-order valence-corrected chi connectivity index (χ4v) is 10.8. The Bertz CT molecular complexity index is 1340. The maximum Gasteiger partial charge on any atom is 0.306 e. The minimum atomic E-state index is -0.773. The molecule has 0 heterocycles. The molecule has 0 saturated heterocycles. The average molecular weight is 1110 g/mol. The number of aliphatic hydroxyl groups is 1. The summed E-state index contributed by atoms with van der Waals surface area (Å²) < 4.78 is 10.8. The summed E-state index contributed by atoms with van der Waals surface area (Å²) in [7, 11) is 0. The number of aliphatic hydroxyl groups excluding tert-OH is 1. The van der Waals surface area contributed by atoms with Gasteiger partial charge in [-0.1, -0.05) is 370 Å². The lowest BCUT2D eigenvalue weighted by molar-refractivity contribution is -0.161. The second-order valence-electron chi connectivity index (χ2n) is 23.9. The van der Waals surface area contributed by atoms with Crippen molar-refractivity contribution in [2.45, 2.75) is 386 Å². The Balaban J connectivity index is 3.40. The van der Waals surface area contributed by atoms with Gasteiger partial charge in [0.2, 0.25) is 0 Å². The summed E-state index contributed by atoms with van der Waals surface area (Å²) in [5, 5.41) is 9.70. The zero-order valence-corrected chi connectivity index (χ0v) is 53.2. The highest BCUT2D eigenvalue weighted by Crippen LogP contribution is 2.19. The molecule has 0 saturated carbocycles. The molecule has 0 fully saturated rings. The fourth-order valence-electron chi connectivity index (χ4n) is 10.8. The molecule has 1 atom stereocenters. The van der Waals surface area contributed by atoms with Gasteiger partial charge in [0.25, 0.3) is 0 Å². The van der Waals surface area contributed by atoms with Gasteiger partial charge in [-0.3, -0.25) is 9.59 Å². The van der Waals surface area contributed by atoms with E-state index in [1.807, 2.05) is 0 Å². The lowest BCUT2D eigenvalue weighted by Gasteiger charge is -2.15. The number of ether oxygens (including phenoxy) is 2. The lowest BCUT2D eigenvalue weighted by atomic mass is 10.0. The van der Waals surface area contributed by atoms with Crippen LogP contribution in [0.25, 0.3) is 0 Å². The van der Waals surface area contributed by atoms with Gasteiger partial charge in [0.15, 0.2) is 6.10 Å². The van der Waals surface area contributed by atoms with Gasteiger partial charge in [0, 0.05) is 12.8 Å². The smallest absolute Gasteiger partial charge is 0.306 e. The highest BCUT2D eigenvalue weighted by molar-refractivity contribution is 5.70. The Morgan fingerprint density at radius 3 is 0.823 bits per heavy atom. The maximum absolute atomic E-state index is 12.4. The van der Waals surface area contributed by atoms with Gasteiger partial charge in [-0.2, -0.15) is 0 Å². The summed E-state index contributed by atoms with van der Waals surface area (Å²) in [4.78, 5) is 24.7. The number of allylic oxidation sites excluding steroid dienone is 10. The molecule has 462 valence electrons. The molecule has 0 amide bonds. The summed E-state index contributed by atoms with van der Waals surface area (Å²) in [6, 6.07) is 0. The fraction of sp³-hybridized carbons (Fsp3) is 0.838. The van der Waals surface area contributed by atoms with Crippen molar-refractivity contribution in [2.75, 3.05) is 13.2 Å². The molecule has 1 unspecified atom stereocenters. The molecule has 0 aliphatic rings. The summed E-state index contributed by atoms with van der Waals surface area (Å²) in [5.74, 6) is -0.571. The van der Waals surface area contributed by atoms with Crippen LogP contribution in [0.5, 0.6) is 0 Å². The Morgan fingerprint density at radius 1 is 0.304 bits per heavy atom. The van der Waals surface area contributed by atoms with Crippen molar-refractivity contribution in [3.05, 3.63) is 60.8 Å². The Morgan fingerprint density at radius 2 is 0.544 bits per heavy atom. The molecule has 0 aliphatic heterocycles. The number of carbonyl (C=O) groups excluding carboxylic acids is 2. The van der Waals surface area contributed by atoms with Gasteiger partial charge in [-0.15, -0.1) is 0 Å². The summed E-state index contributed by atoms with van der Waals surface area (Å²) >= 11 is 0. The number of esters is 2. The van der Waals surface area contributed by atoms with Gasteiger partial charge >= 0.3 is 11.9 Å². The van der Waals surface area contributed by atoms with E-state index in [1.165, 1.54) is 289 Å². The molecular formula is C74H136O5. The quantitative estimate of drug-likeness (QED) is 0.0373. The van der Waals surface area contributed by atoms with E-state index < -0.39 is 6.10 Å². The standard InChI is InChI=1S/C74H136O5/c1-3-5-7-9-11-13-15-17-19-21-23-25-27-29-31-33-35-36-37-39-40-42-44-46-48-50-52-54-56-58-60-62-64-66-68-73(76)78-71-72(70-75)79-74(77)69-67-65-63-61-59-57-55-53-51-49-47-45-43-41-38-34-32-30-28-26-24-22-20-18-16-14-12-10-8-6-4-2/h6,8,12,14,18,20,24,26,30,32,72,75H,3-5,7,9-11,13,15-17,19,21-23,25,27-29,31,33-71H2,1-2H3/b8-6-,14-12-,20-18-,26-24-,32-30-. The van der Waals surface area contributed by atoms with Crippen LogP contribution in [-0.2, 0) is 19.1 Å². The second-order valence-corrected chi connectivity index (χ2v) is 23.9. The molecule has 0 bridgehead atoms. The molecular weight excluding hydrogens is 969 g/mol. The Labute approximate surface area is 493 Å². The van der Waals surface area contributed by atoms with E-state index in [4.69, 9.17) is 9.47 Å². The zero-order valence-electron chi connectivity index (χ0n) is 53.2. The van der Waals surface area contributed by atoms with E-state index in [2.05, 4.69) is 74.6 Å². The number of carbonyl (C=O) groups is 2. The molecule has 79 heavy (non-hydrogen) atoms. The van der Waals surface area contributed by atoms with Gasteiger partial charge in [0.1, 0.15) is 6.61 Å². The van der Waals surface area contributed by atoms with Crippen molar-refractivity contribution in [1.82, 2.24) is 0 Å². The summed E-state index contributed by atoms with van der Waals surface area (Å²) in [5.41, 5.74) is 0. The molecule has 0 rings (SSSR count). The van der Waals surface area contributed by atoms with Crippen LogP contribution in [0.2, 0.25) is 0 Å². The van der Waals surface area contributed by atoms with Crippen molar-refractivity contribution in [3.63, 3.8) is 0 Å². The van der Waals surface area contributed by atoms with Gasteiger partial charge in [-0.25, -0.2) is 0 Å². The van der Waals surface area contributed by atoms with Gasteiger partial charge in [-0.05, 0) is 57.8 Å². The SMILES string of the molecule is CC/C=C\C/C=C\C/C=C\C/C=C\C/C=C\CCCCCCCCCCCCCCCCCC(=O)OC(CO)COC(=O)CCCCCCCCCCCCCCCCCCCCCCCCCCCCCCCCCCCC.